The molecule has 2 aromatic rings. The van der Waals surface area contributed by atoms with Crippen LogP contribution in [0.2, 0.25) is 0 Å². The lowest BCUT2D eigenvalue weighted by Gasteiger charge is -2.32. The number of rotatable bonds is 4. The molecule has 1 aromatic heterocycles. The van der Waals surface area contributed by atoms with E-state index >= 15 is 0 Å². The molecule has 5 nitrogen and oxygen atoms in total. The number of ketones is 1. The highest BCUT2D eigenvalue weighted by Crippen LogP contribution is 2.32. The molecule has 24 heavy (non-hydrogen) atoms. The van der Waals surface area contributed by atoms with Crippen molar-refractivity contribution in [2.45, 2.75) is 25.7 Å². The van der Waals surface area contributed by atoms with Gasteiger partial charge in [0.25, 0.3) is 0 Å². The number of benzene rings is 1. The van der Waals surface area contributed by atoms with Crippen molar-refractivity contribution in [3.8, 4) is 0 Å². The molecule has 1 saturated carbocycles. The van der Waals surface area contributed by atoms with Crippen LogP contribution in [-0.4, -0.2) is 39.5 Å². The first-order valence-electron chi connectivity index (χ1n) is 8.97. The van der Waals surface area contributed by atoms with Gasteiger partial charge in [-0.05, 0) is 50.3 Å². The van der Waals surface area contributed by atoms with E-state index in [1.807, 2.05) is 18.2 Å². The van der Waals surface area contributed by atoms with E-state index in [1.165, 1.54) is 12.8 Å². The number of hydrogen-bond acceptors (Lipinski definition) is 3. The van der Waals surface area contributed by atoms with Crippen LogP contribution in [0, 0.1) is 11.8 Å². The third kappa shape index (κ3) is 2.61. The van der Waals surface area contributed by atoms with Crippen LogP contribution in [-0.2, 0) is 14.1 Å². The van der Waals surface area contributed by atoms with Gasteiger partial charge in [-0.3, -0.25) is 13.9 Å². The molecule has 1 aliphatic heterocycles. The molecular weight excluding hydrogens is 302 g/mol. The third-order valence-electron chi connectivity index (χ3n) is 5.64. The summed E-state index contributed by atoms with van der Waals surface area (Å²) in [7, 11) is 3.51. The summed E-state index contributed by atoms with van der Waals surface area (Å²) in [5.41, 5.74) is 2.23. The first-order valence-corrected chi connectivity index (χ1v) is 8.97. The number of aryl methyl sites for hydroxylation is 2. The largest absolute Gasteiger partial charge is 0.328 e. The molecule has 4 rings (SSSR count). The Hall–Kier alpha value is -1.88. The molecule has 2 aliphatic rings. The average Bonchev–Trinajstić information content (AvgIpc) is 3.39. The lowest BCUT2D eigenvalue weighted by molar-refractivity contribution is 0.0816. The minimum absolute atomic E-state index is 0.0541. The molecule has 2 fully saturated rings. The highest BCUT2D eigenvalue weighted by Gasteiger charge is 2.31. The van der Waals surface area contributed by atoms with Gasteiger partial charge in [0.05, 0.1) is 11.0 Å². The Morgan fingerprint density at radius 2 is 1.96 bits per heavy atom. The number of hydrogen-bond donors (Lipinski definition) is 0. The van der Waals surface area contributed by atoms with E-state index in [4.69, 9.17) is 0 Å². The molecule has 5 heteroatoms. The topological polar surface area (TPSA) is 47.2 Å². The van der Waals surface area contributed by atoms with Gasteiger partial charge < -0.3 is 4.90 Å². The van der Waals surface area contributed by atoms with Gasteiger partial charge in [0.15, 0.2) is 5.78 Å². The van der Waals surface area contributed by atoms with Crippen molar-refractivity contribution in [3.63, 3.8) is 0 Å². The highest BCUT2D eigenvalue weighted by atomic mass is 16.1. The van der Waals surface area contributed by atoms with E-state index in [1.54, 1.807) is 23.2 Å². The van der Waals surface area contributed by atoms with Crippen LogP contribution >= 0.6 is 0 Å². The van der Waals surface area contributed by atoms with Crippen molar-refractivity contribution in [3.05, 3.63) is 34.2 Å². The Morgan fingerprint density at radius 3 is 2.71 bits per heavy atom. The number of para-hydroxylation sites is 1. The fraction of sp³-hybridized carbons (Fsp3) is 0.579. The molecule has 1 aromatic carbocycles. The van der Waals surface area contributed by atoms with E-state index in [-0.39, 0.29) is 17.4 Å². The van der Waals surface area contributed by atoms with Gasteiger partial charge in [-0.25, -0.2) is 4.79 Å². The molecular formula is C19H25N3O2. The van der Waals surface area contributed by atoms with Gasteiger partial charge in [-0.15, -0.1) is 0 Å². The minimum atomic E-state index is -0.0794. The van der Waals surface area contributed by atoms with E-state index in [9.17, 15) is 9.59 Å². The number of nitrogens with zero attached hydrogens (tertiary/aromatic N) is 3. The summed E-state index contributed by atoms with van der Waals surface area (Å²) >= 11 is 0. The number of fused-ring (bicyclic) bond motifs is 1. The van der Waals surface area contributed by atoms with E-state index in [0.29, 0.717) is 5.56 Å². The SMILES string of the molecule is Cn1c(=O)n(C)c2c(C(=O)C3CCCN(CC4CC4)C3)cccc21. The smallest absolute Gasteiger partial charge is 0.302 e. The number of aromatic nitrogens is 2. The predicted octanol–water partition coefficient (Wildman–Crippen LogP) is 2.18. The van der Waals surface area contributed by atoms with Crippen LogP contribution in [0.3, 0.4) is 0 Å². The fourth-order valence-electron chi connectivity index (χ4n) is 4.10. The van der Waals surface area contributed by atoms with E-state index in [2.05, 4.69) is 4.90 Å². The summed E-state index contributed by atoms with van der Waals surface area (Å²) in [5.74, 6) is 1.11. The molecule has 128 valence electrons. The molecule has 0 radical (unpaired) electrons. The Kier molecular flexibility index (Phi) is 3.83. The number of imidazole rings is 1. The molecule has 0 bridgehead atoms. The van der Waals surface area contributed by atoms with E-state index in [0.717, 1.165) is 49.4 Å². The van der Waals surface area contributed by atoms with Crippen molar-refractivity contribution in [2.24, 2.45) is 25.9 Å². The zero-order valence-corrected chi connectivity index (χ0v) is 14.5. The quantitative estimate of drug-likeness (QED) is 0.809. The molecule has 2 heterocycles. The Labute approximate surface area is 141 Å². The first-order chi connectivity index (χ1) is 11.6. The van der Waals surface area contributed by atoms with Crippen LogP contribution in [0.4, 0.5) is 0 Å². The Balaban J connectivity index is 1.65. The van der Waals surface area contributed by atoms with Gasteiger partial charge in [0.1, 0.15) is 0 Å². The molecule has 0 N–H and O–H groups in total. The average molecular weight is 327 g/mol. The number of Topliss-reactive ketones (excluding diaryl/α,β-unsaturated/α-hetero) is 1. The van der Waals surface area contributed by atoms with Gasteiger partial charge in [-0.2, -0.15) is 0 Å². The van der Waals surface area contributed by atoms with Gasteiger partial charge in [-0.1, -0.05) is 6.07 Å². The Bertz CT molecular complexity index is 844. The summed E-state index contributed by atoms with van der Waals surface area (Å²) in [6.45, 7) is 3.14. The predicted molar refractivity (Wildman–Crippen MR) is 94.4 cm³/mol. The van der Waals surface area contributed by atoms with Crippen LogP contribution in [0.15, 0.2) is 23.0 Å². The van der Waals surface area contributed by atoms with Crippen LogP contribution < -0.4 is 5.69 Å². The molecule has 1 saturated heterocycles. The number of carbonyl (C=O) groups excluding carboxylic acids is 1. The summed E-state index contributed by atoms with van der Waals surface area (Å²) in [6.07, 6.45) is 4.74. The molecule has 0 amide bonds. The second-order valence-electron chi connectivity index (χ2n) is 7.48. The first kappa shape index (κ1) is 15.6. The second-order valence-corrected chi connectivity index (χ2v) is 7.48. The lowest BCUT2D eigenvalue weighted by Crippen LogP contribution is -2.39. The normalized spacial score (nSPS) is 22.2. The summed E-state index contributed by atoms with van der Waals surface area (Å²) in [5, 5.41) is 0. The van der Waals surface area contributed by atoms with Crippen LogP contribution in [0.25, 0.3) is 11.0 Å². The molecule has 0 spiro atoms. The summed E-state index contributed by atoms with van der Waals surface area (Å²) in [4.78, 5) is 27.9. The Morgan fingerprint density at radius 1 is 1.17 bits per heavy atom. The van der Waals surface area contributed by atoms with Crippen molar-refractivity contribution in [2.75, 3.05) is 19.6 Å². The maximum Gasteiger partial charge on any atom is 0.328 e. The summed E-state index contributed by atoms with van der Waals surface area (Å²) < 4.78 is 3.22. The number of piperidine rings is 1. The zero-order chi connectivity index (χ0) is 16.8. The fourth-order valence-corrected chi connectivity index (χ4v) is 4.10. The second kappa shape index (κ2) is 5.88. The van der Waals surface area contributed by atoms with E-state index < -0.39 is 0 Å². The lowest BCUT2D eigenvalue weighted by atomic mass is 9.89. The van der Waals surface area contributed by atoms with Crippen molar-refractivity contribution in [1.82, 2.24) is 14.0 Å². The number of carbonyl (C=O) groups is 1. The third-order valence-corrected chi connectivity index (χ3v) is 5.64. The number of likely N-dealkylation sites (tertiary alicyclic amines) is 1. The highest BCUT2D eigenvalue weighted by molar-refractivity contribution is 6.07. The standard InChI is InChI=1S/C19H25N3O2/c1-20-16-7-3-6-15(17(16)21(2)19(20)24)18(23)14-5-4-10-22(12-14)11-13-8-9-13/h3,6-7,13-14H,4-5,8-12H2,1-2H3. The summed E-state index contributed by atoms with van der Waals surface area (Å²) in [6, 6.07) is 5.68. The monoisotopic (exact) mass is 327 g/mol. The van der Waals surface area contributed by atoms with Crippen molar-refractivity contribution < 1.29 is 4.79 Å². The van der Waals surface area contributed by atoms with Crippen LogP contribution in [0.1, 0.15) is 36.0 Å². The maximum absolute atomic E-state index is 13.2. The van der Waals surface area contributed by atoms with Crippen LogP contribution in [0.5, 0.6) is 0 Å². The minimum Gasteiger partial charge on any atom is -0.302 e. The van der Waals surface area contributed by atoms with Gasteiger partial charge in [0.2, 0.25) is 0 Å². The molecule has 1 unspecified atom stereocenters. The molecule has 1 aliphatic carbocycles. The molecule has 1 atom stereocenters. The van der Waals surface area contributed by atoms with Crippen molar-refractivity contribution >= 4 is 16.8 Å². The zero-order valence-electron chi connectivity index (χ0n) is 14.5. The van der Waals surface area contributed by atoms with Gasteiger partial charge >= 0.3 is 5.69 Å². The maximum atomic E-state index is 13.2. The van der Waals surface area contributed by atoms with Crippen molar-refractivity contribution in [1.29, 1.82) is 0 Å². The van der Waals surface area contributed by atoms with Gasteiger partial charge in [0, 0.05) is 38.7 Å².